The zero-order valence-corrected chi connectivity index (χ0v) is 4.34. The van der Waals surface area contributed by atoms with Gasteiger partial charge in [-0.25, -0.2) is 0 Å². The fourth-order valence-electron chi connectivity index (χ4n) is 0.0750. The number of nitrogens with one attached hydrogen (secondary N) is 3. The second-order valence-electron chi connectivity index (χ2n) is 1.46. The largest absolute Gasteiger partial charge is 0.314 e. The second kappa shape index (κ2) is 2.92. The third-order valence-electron chi connectivity index (χ3n) is 0.671. The van der Waals surface area contributed by atoms with Crippen LogP contribution in [0.1, 0.15) is 6.92 Å². The normalized spacial score (nSPS) is 12.0. The monoisotopic (exact) mass is 123 g/mol. The van der Waals surface area contributed by atoms with E-state index < -0.39 is 5.79 Å². The van der Waals surface area contributed by atoms with Gasteiger partial charge in [0.2, 0.25) is 0 Å². The molecule has 0 fully saturated rings. The smallest absolute Gasteiger partial charge is 0.185 e. The summed E-state index contributed by atoms with van der Waals surface area (Å²) in [6.07, 6.45) is 0. The van der Waals surface area contributed by atoms with Crippen LogP contribution in [0.15, 0.2) is 0 Å². The Kier molecular flexibility index (Phi) is 2.84. The third kappa shape index (κ3) is 1.70. The van der Waals surface area contributed by atoms with E-state index in [-0.39, 0.29) is 0 Å². The average molecular weight is 123 g/mol. The Balaban J connectivity index is 3.58. The van der Waals surface area contributed by atoms with E-state index in [2.05, 4.69) is 0 Å². The summed E-state index contributed by atoms with van der Waals surface area (Å²) in [6, 6.07) is 0. The van der Waals surface area contributed by atoms with Crippen LogP contribution in [0.3, 0.4) is 0 Å². The van der Waals surface area contributed by atoms with Crippen molar-refractivity contribution < 1.29 is 15.6 Å². The Morgan fingerprint density at radius 2 is 1.25 bits per heavy atom. The zero-order valence-electron chi connectivity index (χ0n) is 4.34. The lowest BCUT2D eigenvalue weighted by molar-refractivity contribution is -0.112. The first-order valence-electron chi connectivity index (χ1n) is 1.92. The summed E-state index contributed by atoms with van der Waals surface area (Å²) in [6.45, 7) is 1.27. The summed E-state index contributed by atoms with van der Waals surface area (Å²) < 4.78 is 0. The molecule has 0 aliphatic heterocycles. The molecule has 0 aliphatic carbocycles. The van der Waals surface area contributed by atoms with E-state index in [0.29, 0.717) is 0 Å². The van der Waals surface area contributed by atoms with Gasteiger partial charge in [0, 0.05) is 0 Å². The topological polar surface area (TPSA) is 96.8 Å². The van der Waals surface area contributed by atoms with Gasteiger partial charge >= 0.3 is 0 Å². The van der Waals surface area contributed by atoms with Crippen molar-refractivity contribution in [1.82, 2.24) is 16.4 Å². The van der Waals surface area contributed by atoms with Crippen LogP contribution in [-0.4, -0.2) is 21.4 Å². The molecule has 0 saturated heterocycles. The van der Waals surface area contributed by atoms with Gasteiger partial charge in [-0.15, -0.1) is 0 Å². The molecule has 0 amide bonds. The van der Waals surface area contributed by atoms with Crippen LogP contribution < -0.4 is 16.4 Å². The van der Waals surface area contributed by atoms with Crippen LogP contribution in [0.25, 0.3) is 0 Å². The Morgan fingerprint density at radius 3 is 1.25 bits per heavy atom. The standard InChI is InChI=1S/C2H9N3O3/c1-2(3-6,4-7)5-8/h3-8H,1H3. The maximum atomic E-state index is 8.09. The van der Waals surface area contributed by atoms with Crippen molar-refractivity contribution >= 4 is 0 Å². The first-order valence-corrected chi connectivity index (χ1v) is 1.92. The van der Waals surface area contributed by atoms with E-state index in [4.69, 9.17) is 15.6 Å². The van der Waals surface area contributed by atoms with E-state index in [0.717, 1.165) is 0 Å². The van der Waals surface area contributed by atoms with Crippen molar-refractivity contribution in [2.45, 2.75) is 12.7 Å². The lowest BCUT2D eigenvalue weighted by atomic mass is 10.5. The summed E-state index contributed by atoms with van der Waals surface area (Å²) in [5.74, 6) is -1.46. The van der Waals surface area contributed by atoms with Crippen molar-refractivity contribution in [2.75, 3.05) is 0 Å². The van der Waals surface area contributed by atoms with Crippen LogP contribution in [0.2, 0.25) is 0 Å². The third-order valence-corrected chi connectivity index (χ3v) is 0.671. The average Bonchev–Trinajstić information content (AvgIpc) is 1.87. The SMILES string of the molecule is CC(NO)(NO)NO. The molecule has 0 atom stereocenters. The Bertz CT molecular complexity index is 55.3. The molecule has 0 aromatic carbocycles. The molecule has 0 aromatic heterocycles. The van der Waals surface area contributed by atoms with E-state index in [9.17, 15) is 0 Å². The van der Waals surface area contributed by atoms with Crippen molar-refractivity contribution in [1.29, 1.82) is 0 Å². The van der Waals surface area contributed by atoms with Gasteiger partial charge in [-0.2, -0.15) is 16.4 Å². The molecule has 0 saturated carbocycles. The highest BCUT2D eigenvalue weighted by atomic mass is 16.5. The highest BCUT2D eigenvalue weighted by molar-refractivity contribution is 4.60. The minimum atomic E-state index is -1.46. The maximum absolute atomic E-state index is 8.09. The van der Waals surface area contributed by atoms with Crippen LogP contribution in [0.5, 0.6) is 0 Å². The molecule has 0 unspecified atom stereocenters. The van der Waals surface area contributed by atoms with E-state index in [1.165, 1.54) is 6.92 Å². The molecule has 8 heavy (non-hydrogen) atoms. The molecule has 0 radical (unpaired) electrons. The van der Waals surface area contributed by atoms with Gasteiger partial charge in [0.25, 0.3) is 0 Å². The second-order valence-corrected chi connectivity index (χ2v) is 1.46. The summed E-state index contributed by atoms with van der Waals surface area (Å²) in [4.78, 5) is 0. The van der Waals surface area contributed by atoms with Crippen molar-refractivity contribution in [2.24, 2.45) is 0 Å². The molecule has 0 spiro atoms. The predicted octanol–water partition coefficient (Wildman–Crippen LogP) is -1.40. The van der Waals surface area contributed by atoms with Crippen LogP contribution >= 0.6 is 0 Å². The van der Waals surface area contributed by atoms with Gasteiger partial charge in [-0.3, -0.25) is 0 Å². The van der Waals surface area contributed by atoms with Crippen LogP contribution in [0, 0.1) is 0 Å². The number of hydrogen-bond donors (Lipinski definition) is 6. The summed E-state index contributed by atoms with van der Waals surface area (Å²) in [7, 11) is 0. The molecule has 6 nitrogen and oxygen atoms in total. The Morgan fingerprint density at radius 1 is 1.00 bits per heavy atom. The molecular formula is C2H9N3O3. The van der Waals surface area contributed by atoms with Crippen molar-refractivity contribution in [3.05, 3.63) is 0 Å². The quantitative estimate of drug-likeness (QED) is 0.204. The van der Waals surface area contributed by atoms with E-state index in [1.54, 1.807) is 16.4 Å². The Hall–Kier alpha value is -0.240. The van der Waals surface area contributed by atoms with Crippen molar-refractivity contribution in [3.8, 4) is 0 Å². The molecule has 6 heteroatoms. The van der Waals surface area contributed by atoms with Crippen molar-refractivity contribution in [3.63, 3.8) is 0 Å². The molecule has 0 heterocycles. The van der Waals surface area contributed by atoms with Gasteiger partial charge < -0.3 is 15.6 Å². The minimum Gasteiger partial charge on any atom is -0.314 e. The lowest BCUT2D eigenvalue weighted by Crippen LogP contribution is -2.61. The number of hydroxylamine groups is 3. The van der Waals surface area contributed by atoms with Gasteiger partial charge in [0.15, 0.2) is 5.79 Å². The molecule has 0 bridgehead atoms. The van der Waals surface area contributed by atoms with Crippen LogP contribution in [-0.2, 0) is 0 Å². The maximum Gasteiger partial charge on any atom is 0.185 e. The molecule has 50 valence electrons. The van der Waals surface area contributed by atoms with Gasteiger partial charge in [-0.05, 0) is 6.92 Å². The first-order chi connectivity index (χ1) is 3.68. The lowest BCUT2D eigenvalue weighted by Gasteiger charge is -2.22. The van der Waals surface area contributed by atoms with Gasteiger partial charge in [0.05, 0.1) is 0 Å². The zero-order chi connectivity index (χ0) is 6.62. The van der Waals surface area contributed by atoms with Gasteiger partial charge in [-0.1, -0.05) is 0 Å². The number of hydrogen-bond acceptors (Lipinski definition) is 6. The van der Waals surface area contributed by atoms with Crippen LogP contribution in [0.4, 0.5) is 0 Å². The first kappa shape index (κ1) is 7.76. The molecule has 0 aromatic rings. The highest BCUT2D eigenvalue weighted by Gasteiger charge is 2.18. The van der Waals surface area contributed by atoms with E-state index >= 15 is 0 Å². The predicted molar refractivity (Wildman–Crippen MR) is 23.2 cm³/mol. The summed E-state index contributed by atoms with van der Waals surface area (Å²) >= 11 is 0. The minimum absolute atomic E-state index is 1.27. The highest BCUT2D eigenvalue weighted by Crippen LogP contribution is 1.84. The number of rotatable bonds is 3. The van der Waals surface area contributed by atoms with Gasteiger partial charge in [0.1, 0.15) is 0 Å². The summed E-state index contributed by atoms with van der Waals surface area (Å²) in [5, 5.41) is 24.3. The molecule has 0 aliphatic rings. The molecule has 0 rings (SSSR count). The fraction of sp³-hybridized carbons (Fsp3) is 1.00. The Labute approximate surface area is 46.0 Å². The summed E-state index contributed by atoms with van der Waals surface area (Å²) in [5.41, 5.74) is 4.67. The fourth-order valence-corrected chi connectivity index (χ4v) is 0.0750. The van der Waals surface area contributed by atoms with E-state index in [1.807, 2.05) is 0 Å². The molecule has 6 N–H and O–H groups in total. The molecular weight excluding hydrogens is 114 g/mol.